The number of halogens is 1. The maximum Gasteiger partial charge on any atom is 0.225 e. The molecule has 110 valence electrons. The number of nitrogens with one attached hydrogen (secondary N) is 1. The molecule has 0 unspecified atom stereocenters. The highest BCUT2D eigenvalue weighted by Gasteiger charge is 2.22. The van der Waals surface area contributed by atoms with Crippen LogP contribution in [0.25, 0.3) is 0 Å². The fraction of sp³-hybridized carbons (Fsp3) is 0.533. The normalized spacial score (nSPS) is 18.1. The Bertz CT molecular complexity index is 418. The van der Waals surface area contributed by atoms with E-state index in [0.29, 0.717) is 19.8 Å². The van der Waals surface area contributed by atoms with Crippen LogP contribution in [0.4, 0.5) is 4.39 Å². The Morgan fingerprint density at radius 3 is 2.90 bits per heavy atom. The summed E-state index contributed by atoms with van der Waals surface area (Å²) in [6.07, 6.45) is 1.79. The topological polar surface area (TPSA) is 38.3 Å². The van der Waals surface area contributed by atoms with Crippen LogP contribution >= 0.6 is 11.8 Å². The zero-order chi connectivity index (χ0) is 14.2. The molecule has 0 saturated carbocycles. The Kier molecular flexibility index (Phi) is 6.33. The van der Waals surface area contributed by atoms with Crippen LogP contribution < -0.4 is 5.32 Å². The van der Waals surface area contributed by atoms with Crippen molar-refractivity contribution in [1.82, 2.24) is 5.32 Å². The van der Waals surface area contributed by atoms with Gasteiger partial charge in [-0.2, -0.15) is 11.8 Å². The van der Waals surface area contributed by atoms with Gasteiger partial charge in [0.2, 0.25) is 5.91 Å². The summed E-state index contributed by atoms with van der Waals surface area (Å²) < 4.78 is 17.9. The van der Waals surface area contributed by atoms with Gasteiger partial charge in [-0.15, -0.1) is 0 Å². The molecule has 20 heavy (non-hydrogen) atoms. The van der Waals surface area contributed by atoms with Gasteiger partial charge in [-0.05, 0) is 36.3 Å². The molecule has 1 saturated heterocycles. The van der Waals surface area contributed by atoms with Crippen LogP contribution in [0.15, 0.2) is 24.3 Å². The molecular weight excluding hydrogens is 277 g/mol. The predicted octanol–water partition coefficient (Wildman–Crippen LogP) is 2.60. The molecule has 1 fully saturated rings. The summed E-state index contributed by atoms with van der Waals surface area (Å²) in [5.74, 6) is 1.83. The minimum Gasteiger partial charge on any atom is -0.381 e. The van der Waals surface area contributed by atoms with E-state index in [9.17, 15) is 9.18 Å². The van der Waals surface area contributed by atoms with Gasteiger partial charge in [0.1, 0.15) is 5.82 Å². The monoisotopic (exact) mass is 297 g/mol. The van der Waals surface area contributed by atoms with Crippen LogP contribution in [-0.2, 0) is 15.3 Å². The molecule has 1 atom stereocenters. The number of benzene rings is 1. The standard InChI is InChI=1S/C15H20FNO2S/c16-14-4-2-12(3-5-14)11-20-9-1-7-17-15(18)13-6-8-19-10-13/h2-5,13H,1,6-11H2,(H,17,18)/t13-/m0/s1. The van der Waals surface area contributed by atoms with Gasteiger partial charge >= 0.3 is 0 Å². The van der Waals surface area contributed by atoms with E-state index in [1.807, 2.05) is 12.1 Å². The third-order valence-corrected chi connectivity index (χ3v) is 4.36. The van der Waals surface area contributed by atoms with Crippen molar-refractivity contribution in [2.75, 3.05) is 25.5 Å². The van der Waals surface area contributed by atoms with E-state index in [1.165, 1.54) is 12.1 Å². The molecule has 1 aromatic rings. The molecule has 1 aliphatic rings. The molecule has 3 nitrogen and oxygen atoms in total. The Morgan fingerprint density at radius 1 is 1.40 bits per heavy atom. The van der Waals surface area contributed by atoms with Gasteiger partial charge < -0.3 is 10.1 Å². The number of amides is 1. The molecule has 0 radical (unpaired) electrons. The second kappa shape index (κ2) is 8.27. The lowest BCUT2D eigenvalue weighted by atomic mass is 10.1. The summed E-state index contributed by atoms with van der Waals surface area (Å²) in [4.78, 5) is 11.7. The largest absolute Gasteiger partial charge is 0.381 e. The molecule has 0 spiro atoms. The SMILES string of the molecule is O=C(NCCCSCc1ccc(F)cc1)[C@H]1CCOC1. The first-order valence-corrected chi connectivity index (χ1v) is 8.09. The van der Waals surface area contributed by atoms with Crippen molar-refractivity contribution < 1.29 is 13.9 Å². The first-order chi connectivity index (χ1) is 9.75. The Morgan fingerprint density at radius 2 is 2.20 bits per heavy atom. The summed E-state index contributed by atoms with van der Waals surface area (Å²) in [7, 11) is 0. The van der Waals surface area contributed by atoms with Crippen molar-refractivity contribution in [2.24, 2.45) is 5.92 Å². The minimum absolute atomic E-state index is 0.0434. The van der Waals surface area contributed by atoms with Gasteiger partial charge in [0, 0.05) is 18.9 Å². The maximum absolute atomic E-state index is 12.7. The van der Waals surface area contributed by atoms with Gasteiger partial charge in [0.05, 0.1) is 12.5 Å². The first-order valence-electron chi connectivity index (χ1n) is 6.93. The van der Waals surface area contributed by atoms with E-state index in [4.69, 9.17) is 4.74 Å². The van der Waals surface area contributed by atoms with Crippen LogP contribution in [0.5, 0.6) is 0 Å². The van der Waals surface area contributed by atoms with E-state index < -0.39 is 0 Å². The Balaban J connectivity index is 1.51. The highest BCUT2D eigenvalue weighted by Crippen LogP contribution is 2.14. The average molecular weight is 297 g/mol. The van der Waals surface area contributed by atoms with Gasteiger partial charge in [-0.1, -0.05) is 12.1 Å². The summed E-state index contributed by atoms with van der Waals surface area (Å²) in [5.41, 5.74) is 1.13. The molecule has 2 rings (SSSR count). The molecule has 0 bridgehead atoms. The van der Waals surface area contributed by atoms with Crippen molar-refractivity contribution >= 4 is 17.7 Å². The number of hydrogen-bond acceptors (Lipinski definition) is 3. The summed E-state index contributed by atoms with van der Waals surface area (Å²) in [6, 6.07) is 6.59. The zero-order valence-corrected chi connectivity index (χ0v) is 12.3. The molecule has 0 aromatic heterocycles. The molecule has 1 aliphatic heterocycles. The smallest absolute Gasteiger partial charge is 0.225 e. The third kappa shape index (κ3) is 5.13. The lowest BCUT2D eigenvalue weighted by Crippen LogP contribution is -2.31. The highest BCUT2D eigenvalue weighted by atomic mass is 32.2. The van der Waals surface area contributed by atoms with Crippen LogP contribution in [-0.4, -0.2) is 31.4 Å². The molecule has 5 heteroatoms. The van der Waals surface area contributed by atoms with Crippen LogP contribution in [0, 0.1) is 11.7 Å². The fourth-order valence-electron chi connectivity index (χ4n) is 2.04. The predicted molar refractivity (Wildman–Crippen MR) is 79.1 cm³/mol. The molecule has 0 aliphatic carbocycles. The van der Waals surface area contributed by atoms with Crippen LogP contribution in [0.2, 0.25) is 0 Å². The Hall–Kier alpha value is -1.07. The number of rotatable bonds is 7. The minimum atomic E-state index is -0.197. The second-order valence-corrected chi connectivity index (χ2v) is 5.99. The van der Waals surface area contributed by atoms with Crippen LogP contribution in [0.1, 0.15) is 18.4 Å². The van der Waals surface area contributed by atoms with Crippen molar-refractivity contribution in [1.29, 1.82) is 0 Å². The lowest BCUT2D eigenvalue weighted by Gasteiger charge is -2.09. The van der Waals surface area contributed by atoms with Crippen molar-refractivity contribution in [2.45, 2.75) is 18.6 Å². The lowest BCUT2D eigenvalue weighted by molar-refractivity contribution is -0.124. The Labute approximate surface area is 123 Å². The third-order valence-electron chi connectivity index (χ3n) is 3.25. The number of hydrogen-bond donors (Lipinski definition) is 1. The molecule has 1 N–H and O–H groups in total. The van der Waals surface area contributed by atoms with Gasteiger partial charge in [-0.25, -0.2) is 4.39 Å². The zero-order valence-electron chi connectivity index (χ0n) is 11.4. The summed E-state index contributed by atoms with van der Waals surface area (Å²) in [5, 5.41) is 2.95. The van der Waals surface area contributed by atoms with Crippen molar-refractivity contribution in [3.63, 3.8) is 0 Å². The quantitative estimate of drug-likeness (QED) is 0.786. The summed E-state index contributed by atoms with van der Waals surface area (Å²) >= 11 is 1.80. The number of carbonyl (C=O) groups is 1. The van der Waals surface area contributed by atoms with E-state index in [2.05, 4.69) is 5.32 Å². The maximum atomic E-state index is 12.7. The van der Waals surface area contributed by atoms with Crippen LogP contribution in [0.3, 0.4) is 0 Å². The fourth-order valence-corrected chi connectivity index (χ4v) is 2.96. The second-order valence-electron chi connectivity index (χ2n) is 4.88. The number of carbonyl (C=O) groups excluding carboxylic acids is 1. The molecule has 1 amide bonds. The molecule has 1 aromatic carbocycles. The number of thioether (sulfide) groups is 1. The first kappa shape index (κ1) is 15.3. The van der Waals surface area contributed by atoms with Gasteiger partial charge in [0.25, 0.3) is 0 Å². The van der Waals surface area contributed by atoms with E-state index in [-0.39, 0.29) is 17.6 Å². The average Bonchev–Trinajstić information content (AvgIpc) is 2.98. The number of ether oxygens (including phenoxy) is 1. The molecule has 1 heterocycles. The highest BCUT2D eigenvalue weighted by molar-refractivity contribution is 7.98. The van der Waals surface area contributed by atoms with Crippen molar-refractivity contribution in [3.8, 4) is 0 Å². The van der Waals surface area contributed by atoms with Gasteiger partial charge in [-0.3, -0.25) is 4.79 Å². The van der Waals surface area contributed by atoms with E-state index in [0.717, 1.165) is 29.9 Å². The summed E-state index contributed by atoms with van der Waals surface area (Å²) in [6.45, 7) is 1.97. The van der Waals surface area contributed by atoms with Gasteiger partial charge in [0.15, 0.2) is 0 Å². The van der Waals surface area contributed by atoms with E-state index in [1.54, 1.807) is 11.8 Å². The molecular formula is C15H20FNO2S. The van der Waals surface area contributed by atoms with E-state index >= 15 is 0 Å². The van der Waals surface area contributed by atoms with Crippen molar-refractivity contribution in [3.05, 3.63) is 35.6 Å².